The Morgan fingerprint density at radius 2 is 1.95 bits per heavy atom. The summed E-state index contributed by atoms with van der Waals surface area (Å²) in [4.78, 5) is 23.0. The first-order valence-corrected chi connectivity index (χ1v) is 13.3. The molecule has 0 fully saturated rings. The molecule has 0 unspecified atom stereocenters. The van der Waals surface area contributed by atoms with Crippen LogP contribution in [0.1, 0.15) is 48.3 Å². The minimum atomic E-state index is -0.451. The Labute approximate surface area is 225 Å². The lowest BCUT2D eigenvalue weighted by Gasteiger charge is -2.13. The lowest BCUT2D eigenvalue weighted by molar-refractivity contribution is 0.140. The second-order valence-electron chi connectivity index (χ2n) is 10.3. The number of fused-ring (bicyclic) bond motifs is 1. The van der Waals surface area contributed by atoms with Gasteiger partial charge >= 0.3 is 6.09 Å². The maximum absolute atomic E-state index is 12.2. The predicted octanol–water partition coefficient (Wildman–Crippen LogP) is 4.94. The summed E-state index contributed by atoms with van der Waals surface area (Å²) in [6, 6.07) is 11.8. The number of carbonyl (C=O) groups is 1. The first-order chi connectivity index (χ1) is 18.3. The first-order valence-electron chi connectivity index (χ1n) is 12.5. The number of benzene rings is 1. The van der Waals surface area contributed by atoms with Gasteiger partial charge in [0.2, 0.25) is 0 Å². The van der Waals surface area contributed by atoms with E-state index in [1.165, 1.54) is 11.5 Å². The second-order valence-corrected chi connectivity index (χ2v) is 11.2. The summed E-state index contributed by atoms with van der Waals surface area (Å²) in [5.74, 6) is 0. The molecule has 1 N–H and O–H groups in total. The van der Waals surface area contributed by atoms with Crippen molar-refractivity contribution in [1.29, 1.82) is 0 Å². The standard InChI is InChI=1S/C28H31N7O2S/c1-28(2,3)25-13-22(38-33-25)12-23-26-30-15-24(20-14-31-34(4)16-20)35(26)17-21(32-23)10-11-29-27(36)37-18-19-8-6-5-7-9-19/h5-9,13-17H,10-12,18H2,1-4H3,(H,29,36). The quantitative estimate of drug-likeness (QED) is 0.306. The molecule has 0 bridgehead atoms. The maximum atomic E-state index is 12.2. The van der Waals surface area contributed by atoms with E-state index in [1.807, 2.05) is 62.2 Å². The largest absolute Gasteiger partial charge is 0.445 e. The van der Waals surface area contributed by atoms with Crippen LogP contribution in [0.2, 0.25) is 0 Å². The van der Waals surface area contributed by atoms with E-state index in [1.54, 1.807) is 4.68 Å². The van der Waals surface area contributed by atoms with Crippen LogP contribution in [0, 0.1) is 0 Å². The topological polar surface area (TPSA) is 99.2 Å². The van der Waals surface area contributed by atoms with Crippen molar-refractivity contribution in [2.75, 3.05) is 6.54 Å². The van der Waals surface area contributed by atoms with Crippen LogP contribution in [0.3, 0.4) is 0 Å². The van der Waals surface area contributed by atoms with Crippen LogP contribution >= 0.6 is 11.5 Å². The summed E-state index contributed by atoms with van der Waals surface area (Å²) < 4.78 is 13.8. The summed E-state index contributed by atoms with van der Waals surface area (Å²) in [7, 11) is 1.89. The fourth-order valence-corrected chi connectivity index (χ4v) is 5.00. The number of amides is 1. The second kappa shape index (κ2) is 10.7. The van der Waals surface area contributed by atoms with Gasteiger partial charge in [-0.05, 0) is 23.2 Å². The average Bonchev–Trinajstić information content (AvgIpc) is 3.63. The Kier molecular flexibility index (Phi) is 7.24. The zero-order valence-corrected chi connectivity index (χ0v) is 22.8. The molecule has 0 spiro atoms. The fraction of sp³-hybridized carbons (Fsp3) is 0.321. The zero-order chi connectivity index (χ0) is 26.7. The molecule has 0 saturated heterocycles. The van der Waals surface area contributed by atoms with Crippen LogP contribution in [-0.4, -0.2) is 41.2 Å². The van der Waals surface area contributed by atoms with Crippen molar-refractivity contribution in [2.45, 2.75) is 45.6 Å². The van der Waals surface area contributed by atoms with Gasteiger partial charge in [0.15, 0.2) is 5.65 Å². The van der Waals surface area contributed by atoms with Crippen LogP contribution in [-0.2, 0) is 36.6 Å². The number of hydrogen-bond donors (Lipinski definition) is 1. The zero-order valence-electron chi connectivity index (χ0n) is 22.0. The minimum Gasteiger partial charge on any atom is -0.445 e. The molecular weight excluding hydrogens is 498 g/mol. The molecule has 0 aliphatic rings. The lowest BCUT2D eigenvalue weighted by Crippen LogP contribution is -2.26. The van der Waals surface area contributed by atoms with Gasteiger partial charge in [-0.2, -0.15) is 9.47 Å². The molecule has 4 heterocycles. The monoisotopic (exact) mass is 529 g/mol. The summed E-state index contributed by atoms with van der Waals surface area (Å²) in [6.07, 6.45) is 8.35. The van der Waals surface area contributed by atoms with E-state index in [9.17, 15) is 4.79 Å². The number of rotatable bonds is 8. The molecule has 0 aliphatic carbocycles. The van der Waals surface area contributed by atoms with Gasteiger partial charge in [-0.15, -0.1) is 0 Å². The number of carbonyl (C=O) groups excluding carboxylic acids is 1. The molecule has 0 radical (unpaired) electrons. The molecule has 196 valence electrons. The summed E-state index contributed by atoms with van der Waals surface area (Å²) >= 11 is 1.50. The number of hydrogen-bond acceptors (Lipinski definition) is 7. The van der Waals surface area contributed by atoms with Crippen molar-refractivity contribution in [2.24, 2.45) is 7.05 Å². The average molecular weight is 530 g/mol. The van der Waals surface area contributed by atoms with Crippen LogP contribution in [0.15, 0.2) is 61.2 Å². The maximum Gasteiger partial charge on any atom is 0.407 e. The molecule has 5 rings (SSSR count). The Morgan fingerprint density at radius 3 is 2.66 bits per heavy atom. The van der Waals surface area contributed by atoms with Gasteiger partial charge in [-0.1, -0.05) is 51.1 Å². The van der Waals surface area contributed by atoms with Gasteiger partial charge in [0.25, 0.3) is 0 Å². The van der Waals surface area contributed by atoms with Gasteiger partial charge in [-0.3, -0.25) is 14.1 Å². The van der Waals surface area contributed by atoms with Crippen molar-refractivity contribution in [3.63, 3.8) is 0 Å². The predicted molar refractivity (Wildman–Crippen MR) is 147 cm³/mol. The number of aryl methyl sites for hydroxylation is 1. The Bertz CT molecular complexity index is 1550. The summed E-state index contributed by atoms with van der Waals surface area (Å²) in [5.41, 5.74) is 6.43. The highest BCUT2D eigenvalue weighted by atomic mass is 32.1. The van der Waals surface area contributed by atoms with Gasteiger partial charge in [0, 0.05) is 54.7 Å². The highest BCUT2D eigenvalue weighted by Crippen LogP contribution is 2.27. The van der Waals surface area contributed by atoms with Crippen LogP contribution in [0.4, 0.5) is 4.79 Å². The molecule has 5 aromatic rings. The number of aromatic nitrogens is 6. The van der Waals surface area contributed by atoms with Crippen molar-refractivity contribution in [3.05, 3.63) is 88.7 Å². The third-order valence-corrected chi connectivity index (χ3v) is 6.93. The third-order valence-electron chi connectivity index (χ3n) is 6.14. The molecule has 10 heteroatoms. The molecule has 0 atom stereocenters. The molecule has 1 amide bonds. The normalized spacial score (nSPS) is 11.7. The van der Waals surface area contributed by atoms with Gasteiger partial charge < -0.3 is 10.1 Å². The molecule has 1 aromatic carbocycles. The van der Waals surface area contributed by atoms with Crippen molar-refractivity contribution in [1.82, 2.24) is 33.8 Å². The van der Waals surface area contributed by atoms with Gasteiger partial charge in [-0.25, -0.2) is 9.78 Å². The number of imidazole rings is 1. The van der Waals surface area contributed by atoms with Crippen LogP contribution in [0.5, 0.6) is 0 Å². The van der Waals surface area contributed by atoms with Gasteiger partial charge in [0.1, 0.15) is 6.61 Å². The first kappa shape index (κ1) is 25.6. The van der Waals surface area contributed by atoms with Crippen molar-refractivity contribution < 1.29 is 9.53 Å². The number of ether oxygens (including phenoxy) is 1. The Morgan fingerprint density at radius 1 is 1.13 bits per heavy atom. The third kappa shape index (κ3) is 5.91. The van der Waals surface area contributed by atoms with Gasteiger partial charge in [0.05, 0.1) is 35.2 Å². The number of alkyl carbamates (subject to hydrolysis) is 1. The van der Waals surface area contributed by atoms with Crippen LogP contribution < -0.4 is 5.32 Å². The van der Waals surface area contributed by atoms with E-state index >= 15 is 0 Å². The molecule has 4 aromatic heterocycles. The molecule has 0 aliphatic heterocycles. The SMILES string of the molecule is Cn1cc(-c2cnc3c(Cc4cc(C(C)(C)C)ns4)nc(CCNC(=O)OCc4ccccc4)cn23)cn1. The fourth-order valence-electron chi connectivity index (χ4n) is 4.09. The molecular formula is C28H31N7O2S. The Balaban J connectivity index is 1.36. The smallest absolute Gasteiger partial charge is 0.407 e. The molecule has 9 nitrogen and oxygen atoms in total. The van der Waals surface area contributed by atoms with E-state index in [2.05, 4.69) is 46.0 Å². The molecule has 38 heavy (non-hydrogen) atoms. The highest BCUT2D eigenvalue weighted by molar-refractivity contribution is 7.05. The number of nitrogens with one attached hydrogen (secondary N) is 1. The van der Waals surface area contributed by atoms with Crippen molar-refractivity contribution >= 4 is 23.3 Å². The highest BCUT2D eigenvalue weighted by Gasteiger charge is 2.20. The minimum absolute atomic E-state index is 0.0130. The van der Waals surface area contributed by atoms with E-state index in [-0.39, 0.29) is 12.0 Å². The van der Waals surface area contributed by atoms with Crippen LogP contribution in [0.25, 0.3) is 16.9 Å². The number of nitrogens with zero attached hydrogens (tertiary/aromatic N) is 6. The van der Waals surface area contributed by atoms with E-state index in [0.717, 1.165) is 44.4 Å². The summed E-state index contributed by atoms with van der Waals surface area (Å²) in [5, 5.41) is 7.15. The van der Waals surface area contributed by atoms with Crippen molar-refractivity contribution in [3.8, 4) is 11.3 Å². The summed E-state index contributed by atoms with van der Waals surface area (Å²) in [6.45, 7) is 7.12. The van der Waals surface area contributed by atoms with E-state index < -0.39 is 6.09 Å². The lowest BCUT2D eigenvalue weighted by atomic mass is 9.92. The Hall–Kier alpha value is -4.05. The molecule has 0 saturated carbocycles. The van der Waals surface area contributed by atoms with E-state index in [4.69, 9.17) is 14.7 Å². The van der Waals surface area contributed by atoms with E-state index in [0.29, 0.717) is 19.4 Å².